The summed E-state index contributed by atoms with van der Waals surface area (Å²) in [5, 5.41) is 0. The molecule has 1 saturated carbocycles. The van der Waals surface area contributed by atoms with Crippen LogP contribution in [0, 0.1) is 0 Å². The summed E-state index contributed by atoms with van der Waals surface area (Å²) in [4.78, 5) is 7.87. The lowest BCUT2D eigenvalue weighted by Gasteiger charge is -2.07. The Morgan fingerprint density at radius 2 is 1.68 bits per heavy atom. The molecular weight excluding hydrogens is 289 g/mol. The standard InChI is InChI=1S/C17H13F3N2/c18-17(19,20)11-7-5-10(6-8-11)12-9-13(12)16-21-14-3-1-2-4-15(14)22-16/h1-8,12-13H,9H2,(H,21,22). The van der Waals surface area contributed by atoms with Crippen LogP contribution in [-0.4, -0.2) is 9.97 Å². The second-order valence-electron chi connectivity index (χ2n) is 5.71. The Kier molecular flexibility index (Phi) is 2.79. The van der Waals surface area contributed by atoms with Crippen LogP contribution in [0.1, 0.15) is 35.2 Å². The summed E-state index contributed by atoms with van der Waals surface area (Å²) in [5.74, 6) is 1.44. The van der Waals surface area contributed by atoms with E-state index in [4.69, 9.17) is 0 Å². The molecule has 4 rings (SSSR count). The molecule has 0 saturated heterocycles. The number of nitrogens with zero attached hydrogens (tertiary/aromatic N) is 1. The molecule has 3 aromatic rings. The third kappa shape index (κ3) is 2.26. The molecule has 5 heteroatoms. The molecule has 0 aliphatic heterocycles. The summed E-state index contributed by atoms with van der Waals surface area (Å²) in [6.07, 6.45) is -3.36. The van der Waals surface area contributed by atoms with Crippen LogP contribution < -0.4 is 0 Å². The molecule has 2 atom stereocenters. The monoisotopic (exact) mass is 302 g/mol. The van der Waals surface area contributed by atoms with Gasteiger partial charge >= 0.3 is 6.18 Å². The summed E-state index contributed by atoms with van der Waals surface area (Å²) < 4.78 is 37.7. The van der Waals surface area contributed by atoms with Gasteiger partial charge in [0.05, 0.1) is 16.6 Å². The van der Waals surface area contributed by atoms with Crippen LogP contribution in [0.3, 0.4) is 0 Å². The van der Waals surface area contributed by atoms with E-state index in [1.807, 2.05) is 24.3 Å². The smallest absolute Gasteiger partial charge is 0.342 e. The first kappa shape index (κ1) is 13.4. The minimum Gasteiger partial charge on any atom is -0.342 e. The van der Waals surface area contributed by atoms with E-state index in [0.29, 0.717) is 0 Å². The van der Waals surface area contributed by atoms with Crippen LogP contribution in [0.2, 0.25) is 0 Å². The fourth-order valence-corrected chi connectivity index (χ4v) is 2.93. The van der Waals surface area contributed by atoms with Crippen LogP contribution in [0.4, 0.5) is 13.2 Å². The van der Waals surface area contributed by atoms with Gasteiger partial charge in [-0.3, -0.25) is 0 Å². The molecule has 0 bridgehead atoms. The largest absolute Gasteiger partial charge is 0.416 e. The molecule has 2 unspecified atom stereocenters. The second-order valence-corrected chi connectivity index (χ2v) is 5.71. The molecule has 1 aliphatic carbocycles. The molecule has 2 aromatic carbocycles. The van der Waals surface area contributed by atoms with Gasteiger partial charge in [-0.2, -0.15) is 13.2 Å². The Morgan fingerprint density at radius 3 is 2.36 bits per heavy atom. The van der Waals surface area contributed by atoms with Crippen molar-refractivity contribution < 1.29 is 13.2 Å². The number of nitrogens with one attached hydrogen (secondary N) is 1. The number of fused-ring (bicyclic) bond motifs is 1. The molecule has 1 N–H and O–H groups in total. The van der Waals surface area contributed by atoms with Gasteiger partial charge in [0.1, 0.15) is 5.82 Å². The number of hydrogen-bond acceptors (Lipinski definition) is 1. The summed E-state index contributed by atoms with van der Waals surface area (Å²) in [6, 6.07) is 13.3. The molecule has 1 heterocycles. The van der Waals surface area contributed by atoms with E-state index in [0.717, 1.165) is 41.0 Å². The molecule has 22 heavy (non-hydrogen) atoms. The van der Waals surface area contributed by atoms with Crippen molar-refractivity contribution in [2.24, 2.45) is 0 Å². The zero-order valence-corrected chi connectivity index (χ0v) is 11.6. The Morgan fingerprint density at radius 1 is 0.955 bits per heavy atom. The van der Waals surface area contributed by atoms with E-state index in [9.17, 15) is 13.2 Å². The van der Waals surface area contributed by atoms with Crippen LogP contribution in [0.25, 0.3) is 11.0 Å². The Bertz CT molecular complexity index is 785. The van der Waals surface area contributed by atoms with Crippen LogP contribution in [0.5, 0.6) is 0 Å². The van der Waals surface area contributed by atoms with Gasteiger partial charge in [0.2, 0.25) is 0 Å². The maximum atomic E-state index is 12.6. The van der Waals surface area contributed by atoms with Gasteiger partial charge in [-0.25, -0.2) is 4.98 Å². The molecule has 0 amide bonds. The first-order valence-corrected chi connectivity index (χ1v) is 7.14. The quantitative estimate of drug-likeness (QED) is 0.720. The number of alkyl halides is 3. The van der Waals surface area contributed by atoms with Gasteiger partial charge in [-0.05, 0) is 42.2 Å². The minimum atomic E-state index is -4.28. The number of imidazole rings is 1. The molecule has 0 spiro atoms. The van der Waals surface area contributed by atoms with Crippen molar-refractivity contribution in [3.8, 4) is 0 Å². The molecule has 2 nitrogen and oxygen atoms in total. The van der Waals surface area contributed by atoms with E-state index in [-0.39, 0.29) is 11.8 Å². The highest BCUT2D eigenvalue weighted by Gasteiger charge is 2.42. The summed E-state index contributed by atoms with van der Waals surface area (Å²) in [7, 11) is 0. The van der Waals surface area contributed by atoms with E-state index >= 15 is 0 Å². The number of aromatic nitrogens is 2. The number of benzene rings is 2. The van der Waals surface area contributed by atoms with Gasteiger partial charge in [0, 0.05) is 5.92 Å². The molecule has 0 radical (unpaired) electrons. The van der Waals surface area contributed by atoms with Crippen LogP contribution in [-0.2, 0) is 6.18 Å². The number of aromatic amines is 1. The Balaban J connectivity index is 1.56. The normalized spacial score (nSPS) is 21.2. The highest BCUT2D eigenvalue weighted by Crippen LogP contribution is 2.54. The van der Waals surface area contributed by atoms with Crippen molar-refractivity contribution in [3.05, 3.63) is 65.5 Å². The van der Waals surface area contributed by atoms with Crippen molar-refractivity contribution >= 4 is 11.0 Å². The highest BCUT2D eigenvalue weighted by atomic mass is 19.4. The lowest BCUT2D eigenvalue weighted by atomic mass is 10.1. The summed E-state index contributed by atoms with van der Waals surface area (Å²) >= 11 is 0. The molecule has 1 aromatic heterocycles. The van der Waals surface area contributed by atoms with E-state index < -0.39 is 11.7 Å². The molecular formula is C17H13F3N2. The lowest BCUT2D eigenvalue weighted by Crippen LogP contribution is -2.04. The predicted molar refractivity (Wildman–Crippen MR) is 77.6 cm³/mol. The highest BCUT2D eigenvalue weighted by molar-refractivity contribution is 5.75. The average Bonchev–Trinajstić information content (AvgIpc) is 3.18. The number of rotatable bonds is 2. The van der Waals surface area contributed by atoms with Gasteiger partial charge in [0.25, 0.3) is 0 Å². The molecule has 112 valence electrons. The number of hydrogen-bond donors (Lipinski definition) is 1. The van der Waals surface area contributed by atoms with E-state index in [1.165, 1.54) is 0 Å². The molecule has 1 fully saturated rings. The first-order chi connectivity index (χ1) is 10.5. The predicted octanol–water partition coefficient (Wildman–Crippen LogP) is 4.85. The maximum Gasteiger partial charge on any atom is 0.416 e. The summed E-state index contributed by atoms with van der Waals surface area (Å²) in [5.41, 5.74) is 2.27. The van der Waals surface area contributed by atoms with Crippen molar-refractivity contribution in [1.82, 2.24) is 9.97 Å². The number of halogens is 3. The molecule has 1 aliphatic rings. The Hall–Kier alpha value is -2.30. The first-order valence-electron chi connectivity index (χ1n) is 7.14. The second kappa shape index (κ2) is 4.60. The zero-order chi connectivity index (χ0) is 15.3. The van der Waals surface area contributed by atoms with Crippen molar-refractivity contribution in [2.75, 3.05) is 0 Å². The van der Waals surface area contributed by atoms with Crippen molar-refractivity contribution in [3.63, 3.8) is 0 Å². The van der Waals surface area contributed by atoms with Gasteiger partial charge < -0.3 is 4.98 Å². The van der Waals surface area contributed by atoms with Gasteiger partial charge in [-0.15, -0.1) is 0 Å². The van der Waals surface area contributed by atoms with Crippen molar-refractivity contribution in [1.29, 1.82) is 0 Å². The fourth-order valence-electron chi connectivity index (χ4n) is 2.93. The SMILES string of the molecule is FC(F)(F)c1ccc(C2CC2c2nc3ccccc3[nH]2)cc1. The number of para-hydroxylation sites is 2. The minimum absolute atomic E-state index is 0.253. The number of H-pyrrole nitrogens is 1. The van der Waals surface area contributed by atoms with E-state index in [2.05, 4.69) is 9.97 Å². The van der Waals surface area contributed by atoms with Gasteiger partial charge in [0.15, 0.2) is 0 Å². The van der Waals surface area contributed by atoms with Crippen LogP contribution >= 0.6 is 0 Å². The third-order valence-electron chi connectivity index (χ3n) is 4.22. The van der Waals surface area contributed by atoms with E-state index in [1.54, 1.807) is 12.1 Å². The zero-order valence-electron chi connectivity index (χ0n) is 11.6. The fraction of sp³-hybridized carbons (Fsp3) is 0.235. The van der Waals surface area contributed by atoms with Gasteiger partial charge in [-0.1, -0.05) is 24.3 Å². The average molecular weight is 302 g/mol. The third-order valence-corrected chi connectivity index (χ3v) is 4.22. The topological polar surface area (TPSA) is 28.7 Å². The Labute approximate surface area is 125 Å². The maximum absolute atomic E-state index is 12.6. The summed E-state index contributed by atoms with van der Waals surface area (Å²) in [6.45, 7) is 0. The van der Waals surface area contributed by atoms with Crippen LogP contribution in [0.15, 0.2) is 48.5 Å². The lowest BCUT2D eigenvalue weighted by molar-refractivity contribution is -0.137. The van der Waals surface area contributed by atoms with Crippen molar-refractivity contribution in [2.45, 2.75) is 24.4 Å².